The van der Waals surface area contributed by atoms with Crippen molar-refractivity contribution in [1.82, 2.24) is 20.0 Å². The summed E-state index contributed by atoms with van der Waals surface area (Å²) in [5, 5.41) is 8.76. The Morgan fingerprint density at radius 1 is 1.50 bits per heavy atom. The van der Waals surface area contributed by atoms with Gasteiger partial charge in [0.15, 0.2) is 0 Å². The number of hydrogen-bond acceptors (Lipinski definition) is 7. The lowest BCUT2D eigenvalue weighted by Gasteiger charge is -2.15. The summed E-state index contributed by atoms with van der Waals surface area (Å²) in [5.74, 6) is 7.87. The molecular formula is C14H22N8. The van der Waals surface area contributed by atoms with Gasteiger partial charge in [-0.2, -0.15) is 9.97 Å². The summed E-state index contributed by atoms with van der Waals surface area (Å²) in [6.07, 6.45) is 5.96. The summed E-state index contributed by atoms with van der Waals surface area (Å²) in [6, 6.07) is 2.36. The third-order valence-electron chi connectivity index (χ3n) is 3.71. The molecule has 2 aromatic rings. The van der Waals surface area contributed by atoms with E-state index in [0.29, 0.717) is 17.8 Å². The van der Waals surface area contributed by atoms with Crippen LogP contribution in [0.3, 0.4) is 0 Å². The molecule has 0 spiro atoms. The maximum absolute atomic E-state index is 5.85. The van der Waals surface area contributed by atoms with Crippen LogP contribution in [-0.2, 0) is 0 Å². The predicted octanol–water partition coefficient (Wildman–Crippen LogP) is 1.14. The number of nitrogens with zero attached hydrogens (tertiary/aromatic N) is 3. The number of H-pyrrole nitrogens is 1. The first-order valence-corrected chi connectivity index (χ1v) is 7.36. The maximum Gasteiger partial charge on any atom is 0.232 e. The second-order valence-electron chi connectivity index (χ2n) is 5.78. The topological polar surface area (TPSA) is 121 Å². The molecule has 8 heteroatoms. The first kappa shape index (κ1) is 14.5. The van der Waals surface area contributed by atoms with Crippen LogP contribution in [0.4, 0.5) is 11.8 Å². The lowest BCUT2D eigenvalue weighted by Crippen LogP contribution is -2.24. The van der Waals surface area contributed by atoms with Gasteiger partial charge in [-0.05, 0) is 31.7 Å². The number of hydrazine groups is 1. The number of nitrogens with two attached hydrogens (primary N) is 2. The van der Waals surface area contributed by atoms with Crippen molar-refractivity contribution in [2.45, 2.75) is 25.8 Å². The van der Waals surface area contributed by atoms with Crippen LogP contribution in [0, 0.1) is 5.92 Å². The highest BCUT2D eigenvalue weighted by Gasteiger charge is 2.28. The fourth-order valence-corrected chi connectivity index (χ4v) is 2.42. The van der Waals surface area contributed by atoms with Crippen molar-refractivity contribution in [2.75, 3.05) is 17.7 Å². The van der Waals surface area contributed by atoms with Crippen LogP contribution in [0.1, 0.15) is 19.8 Å². The SMILES string of the molecule is C[C@H](Nc1nc(N/C(N)=C/N(C)N)nc2[nH]ccc12)C1CC1. The highest BCUT2D eigenvalue weighted by molar-refractivity contribution is 5.88. The van der Waals surface area contributed by atoms with Gasteiger partial charge in [0.1, 0.15) is 17.3 Å². The van der Waals surface area contributed by atoms with Crippen molar-refractivity contribution >= 4 is 22.8 Å². The van der Waals surface area contributed by atoms with Gasteiger partial charge in [-0.25, -0.2) is 5.84 Å². The van der Waals surface area contributed by atoms with Gasteiger partial charge in [0.25, 0.3) is 0 Å². The van der Waals surface area contributed by atoms with Gasteiger partial charge in [-0.3, -0.25) is 0 Å². The number of rotatable bonds is 6. The Hall–Kier alpha value is -2.48. The summed E-state index contributed by atoms with van der Waals surface area (Å²) < 4.78 is 0. The molecule has 3 rings (SSSR count). The third-order valence-corrected chi connectivity index (χ3v) is 3.71. The van der Waals surface area contributed by atoms with Crippen LogP contribution >= 0.6 is 0 Å². The van der Waals surface area contributed by atoms with Gasteiger partial charge < -0.3 is 26.4 Å². The van der Waals surface area contributed by atoms with Gasteiger partial charge in [0.2, 0.25) is 5.95 Å². The highest BCUT2D eigenvalue weighted by atomic mass is 15.4. The van der Waals surface area contributed by atoms with Crippen molar-refractivity contribution in [2.24, 2.45) is 17.5 Å². The van der Waals surface area contributed by atoms with E-state index in [0.717, 1.165) is 22.8 Å². The summed E-state index contributed by atoms with van der Waals surface area (Å²) in [5.41, 5.74) is 6.61. The number of anilines is 2. The van der Waals surface area contributed by atoms with E-state index in [-0.39, 0.29) is 0 Å². The van der Waals surface area contributed by atoms with Crippen molar-refractivity contribution < 1.29 is 0 Å². The fraction of sp³-hybridized carbons (Fsp3) is 0.429. The second kappa shape index (κ2) is 5.72. The molecule has 22 heavy (non-hydrogen) atoms. The largest absolute Gasteiger partial charge is 0.384 e. The summed E-state index contributed by atoms with van der Waals surface area (Å²) in [4.78, 5) is 12.1. The molecule has 1 fully saturated rings. The molecule has 8 nitrogen and oxygen atoms in total. The minimum Gasteiger partial charge on any atom is -0.384 e. The average Bonchev–Trinajstić information content (AvgIpc) is 3.17. The van der Waals surface area contributed by atoms with E-state index < -0.39 is 0 Å². The Morgan fingerprint density at radius 2 is 2.27 bits per heavy atom. The van der Waals surface area contributed by atoms with Crippen molar-refractivity contribution in [3.63, 3.8) is 0 Å². The molecule has 0 saturated heterocycles. The molecule has 118 valence electrons. The van der Waals surface area contributed by atoms with E-state index in [1.54, 1.807) is 13.2 Å². The molecule has 0 aromatic carbocycles. The lowest BCUT2D eigenvalue weighted by atomic mass is 10.2. The van der Waals surface area contributed by atoms with Crippen molar-refractivity contribution in [1.29, 1.82) is 0 Å². The molecule has 1 atom stereocenters. The Kier molecular flexibility index (Phi) is 3.76. The molecule has 2 heterocycles. The van der Waals surface area contributed by atoms with E-state index in [4.69, 9.17) is 11.6 Å². The second-order valence-corrected chi connectivity index (χ2v) is 5.78. The van der Waals surface area contributed by atoms with Crippen LogP contribution in [0.2, 0.25) is 0 Å². The summed E-state index contributed by atoms with van der Waals surface area (Å²) >= 11 is 0. The minimum atomic E-state index is 0.372. The molecule has 2 aromatic heterocycles. The van der Waals surface area contributed by atoms with Crippen LogP contribution in [-0.4, -0.2) is 33.1 Å². The monoisotopic (exact) mass is 302 g/mol. The van der Waals surface area contributed by atoms with Gasteiger partial charge in [-0.15, -0.1) is 0 Å². The molecule has 1 aliphatic rings. The molecule has 0 radical (unpaired) electrons. The molecule has 7 N–H and O–H groups in total. The first-order valence-electron chi connectivity index (χ1n) is 7.36. The molecule has 0 aliphatic heterocycles. The molecule has 1 aliphatic carbocycles. The van der Waals surface area contributed by atoms with E-state index in [1.165, 1.54) is 17.9 Å². The van der Waals surface area contributed by atoms with Crippen LogP contribution in [0.15, 0.2) is 24.3 Å². The molecule has 0 amide bonds. The van der Waals surface area contributed by atoms with E-state index in [1.807, 2.05) is 12.3 Å². The first-order chi connectivity index (χ1) is 10.5. The third kappa shape index (κ3) is 3.22. The minimum absolute atomic E-state index is 0.372. The molecular weight excluding hydrogens is 280 g/mol. The highest BCUT2D eigenvalue weighted by Crippen LogP contribution is 2.34. The number of aromatic nitrogens is 3. The van der Waals surface area contributed by atoms with Crippen LogP contribution < -0.4 is 22.2 Å². The van der Waals surface area contributed by atoms with Gasteiger partial charge in [0, 0.05) is 19.3 Å². The Morgan fingerprint density at radius 3 is 2.95 bits per heavy atom. The van der Waals surface area contributed by atoms with E-state index in [2.05, 4.69) is 32.5 Å². The summed E-state index contributed by atoms with van der Waals surface area (Å²) in [6.45, 7) is 2.18. The lowest BCUT2D eigenvalue weighted by molar-refractivity contribution is 0.480. The Bertz CT molecular complexity index is 685. The maximum atomic E-state index is 5.85. The predicted molar refractivity (Wildman–Crippen MR) is 87.5 cm³/mol. The normalized spacial score (nSPS) is 16.6. The standard InChI is InChI=1S/C14H22N8/c1-8(9-3-4-9)18-13-10-5-6-17-12(10)20-14(21-13)19-11(15)7-22(2)16/h5-9H,3-4,15-16H2,1-2H3,(H3,17,18,19,20,21)/b11-7+/t8-/m0/s1. The molecule has 0 unspecified atom stereocenters. The quantitative estimate of drug-likeness (QED) is 0.401. The van der Waals surface area contributed by atoms with Crippen LogP contribution in [0.5, 0.6) is 0 Å². The van der Waals surface area contributed by atoms with Gasteiger partial charge in [-0.1, -0.05) is 0 Å². The smallest absolute Gasteiger partial charge is 0.232 e. The fourth-order valence-electron chi connectivity index (χ4n) is 2.42. The average molecular weight is 302 g/mol. The zero-order valence-electron chi connectivity index (χ0n) is 12.8. The molecule has 1 saturated carbocycles. The van der Waals surface area contributed by atoms with Crippen molar-refractivity contribution in [3.8, 4) is 0 Å². The zero-order chi connectivity index (χ0) is 15.7. The molecule has 0 bridgehead atoms. The number of nitrogens with one attached hydrogen (secondary N) is 3. The number of fused-ring (bicyclic) bond motifs is 1. The van der Waals surface area contributed by atoms with Crippen molar-refractivity contribution in [3.05, 3.63) is 24.3 Å². The Balaban J connectivity index is 1.87. The number of aromatic amines is 1. The van der Waals surface area contributed by atoms with E-state index in [9.17, 15) is 0 Å². The summed E-state index contributed by atoms with van der Waals surface area (Å²) in [7, 11) is 1.69. The number of hydrogen-bond donors (Lipinski definition) is 5. The van der Waals surface area contributed by atoms with Crippen LogP contribution in [0.25, 0.3) is 11.0 Å². The van der Waals surface area contributed by atoms with Gasteiger partial charge in [0.05, 0.1) is 11.6 Å². The van der Waals surface area contributed by atoms with Gasteiger partial charge >= 0.3 is 0 Å². The Labute approximate surface area is 128 Å². The zero-order valence-corrected chi connectivity index (χ0v) is 12.8. The van der Waals surface area contributed by atoms with E-state index >= 15 is 0 Å².